The molecule has 2 aromatic carbocycles. The van der Waals surface area contributed by atoms with Gasteiger partial charge >= 0.3 is 0 Å². The van der Waals surface area contributed by atoms with Gasteiger partial charge in [-0.25, -0.2) is 9.37 Å². The second-order valence-corrected chi connectivity index (χ2v) is 11.0. The molecule has 2 saturated heterocycles. The van der Waals surface area contributed by atoms with Gasteiger partial charge in [0.25, 0.3) is 12.4 Å². The number of nitrogens with zero attached hydrogens (tertiary/aromatic N) is 5. The zero-order chi connectivity index (χ0) is 35.2. The Morgan fingerprint density at radius 2 is 1.77 bits per heavy atom. The maximum absolute atomic E-state index is 14.0. The van der Waals surface area contributed by atoms with Crippen LogP contribution < -0.4 is 15.4 Å². The fourth-order valence-corrected chi connectivity index (χ4v) is 5.47. The number of imidazole rings is 1. The molecule has 5 rings (SSSR count). The molecule has 1 aromatic heterocycles. The van der Waals surface area contributed by atoms with Crippen molar-refractivity contribution in [2.75, 3.05) is 58.2 Å². The Balaban J connectivity index is 0.000000246. The van der Waals surface area contributed by atoms with Crippen molar-refractivity contribution in [3.8, 4) is 23.1 Å². The van der Waals surface area contributed by atoms with E-state index in [1.165, 1.54) is 29.9 Å². The minimum Gasteiger partial charge on any atom is -0.483 e. The summed E-state index contributed by atoms with van der Waals surface area (Å²) in [4.78, 5) is 51.8. The third-order valence-electron chi connectivity index (χ3n) is 7.80. The van der Waals surface area contributed by atoms with Crippen molar-refractivity contribution < 1.29 is 37.8 Å². The molecule has 13 nitrogen and oxygen atoms in total. The van der Waals surface area contributed by atoms with Crippen LogP contribution >= 0.6 is 11.6 Å². The SMILES string of the molecule is CNc1ccc(C(=O)N2CCN(C(=O)C3CCNCC3)CC2)c(Cl)c1.Cn1c(-c2ccc(OCC#N)c(F)c2F)cnc1C=O.O=CO. The van der Waals surface area contributed by atoms with Crippen LogP contribution in [-0.2, 0) is 16.6 Å². The third-order valence-corrected chi connectivity index (χ3v) is 8.11. The highest BCUT2D eigenvalue weighted by atomic mass is 35.5. The molecular formula is C32H36ClF2N7O6. The number of halogens is 3. The van der Waals surface area contributed by atoms with Gasteiger partial charge in [0.05, 0.1) is 22.5 Å². The molecule has 0 aliphatic carbocycles. The lowest BCUT2D eigenvalue weighted by Crippen LogP contribution is -2.52. The summed E-state index contributed by atoms with van der Waals surface area (Å²) in [7, 11) is 3.33. The minimum atomic E-state index is -1.19. The summed E-state index contributed by atoms with van der Waals surface area (Å²) in [6.45, 7) is 3.50. The molecule has 0 radical (unpaired) electrons. The lowest BCUT2D eigenvalue weighted by atomic mass is 9.96. The van der Waals surface area contributed by atoms with Gasteiger partial charge in [-0.2, -0.15) is 9.65 Å². The Bertz CT molecular complexity index is 1630. The van der Waals surface area contributed by atoms with Crippen molar-refractivity contribution in [2.24, 2.45) is 13.0 Å². The summed E-state index contributed by atoms with van der Waals surface area (Å²) in [5.41, 5.74) is 1.60. The molecule has 2 amide bonds. The standard InChI is InChI=1S/C18H25ClN4O2.C13H9F2N3O2.CH2O2/c1-20-14-2-3-15(16(19)12-14)18(25)23-10-8-22(9-11-23)17(24)13-4-6-21-7-5-13;1-18-9(6-17-11(18)7-19)8-2-3-10(20-5-4-16)13(15)12(8)14;2-1-3/h2-3,12-13,20-21H,4-11H2,1H3;2-3,6-7H,5H2,1H3;1H,(H,2,3). The van der Waals surface area contributed by atoms with Crippen LogP contribution in [0.2, 0.25) is 5.02 Å². The van der Waals surface area contributed by atoms with Crippen molar-refractivity contribution in [3.05, 3.63) is 64.6 Å². The molecule has 3 N–H and O–H groups in total. The summed E-state index contributed by atoms with van der Waals surface area (Å²) < 4.78 is 33.9. The molecular weight excluding hydrogens is 652 g/mol. The van der Waals surface area contributed by atoms with Gasteiger partial charge in [0, 0.05) is 57.4 Å². The number of rotatable bonds is 7. The fourth-order valence-electron chi connectivity index (χ4n) is 5.21. The summed E-state index contributed by atoms with van der Waals surface area (Å²) >= 11 is 6.24. The zero-order valence-corrected chi connectivity index (χ0v) is 27.2. The number of hydrogen-bond acceptors (Lipinski definition) is 9. The maximum atomic E-state index is 14.0. The number of nitrogens with one attached hydrogen (secondary N) is 2. The van der Waals surface area contributed by atoms with Gasteiger partial charge in [-0.05, 0) is 56.3 Å². The molecule has 0 atom stereocenters. The van der Waals surface area contributed by atoms with Crippen LogP contribution in [0, 0.1) is 28.9 Å². The van der Waals surface area contributed by atoms with Crippen molar-refractivity contribution in [1.29, 1.82) is 5.26 Å². The molecule has 48 heavy (non-hydrogen) atoms. The molecule has 2 fully saturated rings. The highest BCUT2D eigenvalue weighted by Crippen LogP contribution is 2.30. The number of benzene rings is 2. The molecule has 0 spiro atoms. The topological polar surface area (TPSA) is 170 Å². The number of aromatic nitrogens is 2. The first-order chi connectivity index (χ1) is 23.1. The van der Waals surface area contributed by atoms with Crippen LogP contribution in [0.15, 0.2) is 36.5 Å². The summed E-state index contributed by atoms with van der Waals surface area (Å²) in [6.07, 6.45) is 3.61. The zero-order valence-electron chi connectivity index (χ0n) is 26.4. The molecule has 256 valence electrons. The number of aldehydes is 1. The molecule has 2 aliphatic rings. The fraction of sp³-hybridized carbons (Fsp3) is 0.375. The van der Waals surface area contributed by atoms with Gasteiger partial charge in [-0.1, -0.05) is 11.6 Å². The number of piperazine rings is 1. The largest absolute Gasteiger partial charge is 0.483 e. The van der Waals surface area contributed by atoms with Gasteiger partial charge in [0.2, 0.25) is 11.7 Å². The molecule has 0 bridgehead atoms. The van der Waals surface area contributed by atoms with Crippen molar-refractivity contribution >= 4 is 41.9 Å². The van der Waals surface area contributed by atoms with Gasteiger partial charge in [0.1, 0.15) is 6.07 Å². The van der Waals surface area contributed by atoms with Crippen LogP contribution in [0.25, 0.3) is 11.3 Å². The van der Waals surface area contributed by atoms with E-state index < -0.39 is 11.6 Å². The van der Waals surface area contributed by atoms with Gasteiger partial charge in [-0.15, -0.1) is 0 Å². The van der Waals surface area contributed by atoms with E-state index in [4.69, 9.17) is 31.5 Å². The van der Waals surface area contributed by atoms with Crippen molar-refractivity contribution in [2.45, 2.75) is 12.8 Å². The Morgan fingerprint density at radius 3 is 2.33 bits per heavy atom. The lowest BCUT2D eigenvalue weighted by molar-refractivity contribution is -0.137. The van der Waals surface area contributed by atoms with Gasteiger partial charge in [-0.3, -0.25) is 19.2 Å². The Morgan fingerprint density at radius 1 is 1.12 bits per heavy atom. The number of piperidine rings is 1. The number of carbonyl (C=O) groups excluding carboxylic acids is 3. The van der Waals surface area contributed by atoms with Crippen molar-refractivity contribution in [1.82, 2.24) is 24.7 Å². The van der Waals surface area contributed by atoms with E-state index in [0.717, 1.165) is 31.6 Å². The van der Waals surface area contributed by atoms with E-state index in [1.807, 2.05) is 18.0 Å². The van der Waals surface area contributed by atoms with Crippen LogP contribution in [0.1, 0.15) is 33.8 Å². The normalized spacial score (nSPS) is 14.3. The average Bonchev–Trinajstić information content (AvgIpc) is 3.49. The summed E-state index contributed by atoms with van der Waals surface area (Å²) in [6, 6.07) is 9.54. The van der Waals surface area contributed by atoms with Crippen LogP contribution in [-0.4, -0.2) is 102 Å². The number of nitriles is 1. The van der Waals surface area contributed by atoms with Gasteiger partial charge < -0.3 is 34.8 Å². The number of carbonyl (C=O) groups is 4. The van der Waals surface area contributed by atoms with Crippen LogP contribution in [0.3, 0.4) is 0 Å². The second kappa shape index (κ2) is 18.3. The van der Waals surface area contributed by atoms with Crippen molar-refractivity contribution in [3.63, 3.8) is 0 Å². The monoisotopic (exact) mass is 687 g/mol. The summed E-state index contributed by atoms with van der Waals surface area (Å²) in [5.74, 6) is -2.25. The lowest BCUT2D eigenvalue weighted by Gasteiger charge is -2.37. The molecule has 3 aromatic rings. The Labute approximate surface area is 281 Å². The number of ether oxygens (including phenoxy) is 1. The van der Waals surface area contributed by atoms with E-state index >= 15 is 0 Å². The molecule has 3 heterocycles. The predicted octanol–water partition coefficient (Wildman–Crippen LogP) is 3.45. The first-order valence-electron chi connectivity index (χ1n) is 14.9. The molecule has 16 heteroatoms. The Hall–Kier alpha value is -5.07. The number of hydrogen-bond donors (Lipinski definition) is 3. The first kappa shape index (κ1) is 37.4. The minimum absolute atomic E-state index is 0.0464. The van der Waals surface area contributed by atoms with Crippen LogP contribution in [0.4, 0.5) is 14.5 Å². The number of anilines is 1. The predicted molar refractivity (Wildman–Crippen MR) is 173 cm³/mol. The highest BCUT2D eigenvalue weighted by molar-refractivity contribution is 6.34. The van der Waals surface area contributed by atoms with E-state index in [-0.39, 0.29) is 53.6 Å². The molecule has 0 unspecified atom stereocenters. The van der Waals surface area contributed by atoms with Gasteiger partial charge in [0.15, 0.2) is 30.3 Å². The van der Waals surface area contributed by atoms with E-state index in [1.54, 1.807) is 23.1 Å². The highest BCUT2D eigenvalue weighted by Gasteiger charge is 2.30. The van der Waals surface area contributed by atoms with E-state index in [9.17, 15) is 23.2 Å². The van der Waals surface area contributed by atoms with E-state index in [2.05, 4.69) is 15.6 Å². The number of amides is 2. The molecule has 0 saturated carbocycles. The number of carboxylic acid groups (broad SMARTS) is 1. The second-order valence-electron chi connectivity index (χ2n) is 10.6. The van der Waals surface area contributed by atoms with Crippen LogP contribution in [0.5, 0.6) is 5.75 Å². The smallest absolute Gasteiger partial charge is 0.290 e. The summed E-state index contributed by atoms with van der Waals surface area (Å²) in [5, 5.41) is 22.0. The first-order valence-corrected chi connectivity index (χ1v) is 15.3. The third kappa shape index (κ3) is 9.26. The van der Waals surface area contributed by atoms with E-state index in [0.29, 0.717) is 43.1 Å². The molecule has 2 aliphatic heterocycles. The average molecular weight is 688 g/mol. The quantitative estimate of drug-likeness (QED) is 0.313. The Kier molecular flexibility index (Phi) is 14.3. The maximum Gasteiger partial charge on any atom is 0.290 e.